The van der Waals surface area contributed by atoms with Gasteiger partial charge in [0.1, 0.15) is 11.3 Å². The van der Waals surface area contributed by atoms with Crippen molar-refractivity contribution in [2.45, 2.75) is 44.3 Å². The number of aryl methyl sites for hydroxylation is 1. The number of carbonyl (C=O) groups is 1. The Balaban J connectivity index is 1.78. The lowest BCUT2D eigenvalue weighted by atomic mass is 9.97. The van der Waals surface area contributed by atoms with Crippen molar-refractivity contribution < 1.29 is 9.21 Å². The number of hydrogen-bond acceptors (Lipinski definition) is 3. The van der Waals surface area contributed by atoms with Crippen LogP contribution in [0, 0.1) is 6.92 Å². The second-order valence-corrected chi connectivity index (χ2v) is 5.99. The molecular formula is C16H18N2O2. The van der Waals surface area contributed by atoms with Crippen LogP contribution in [0.25, 0.3) is 11.0 Å². The fraction of sp³-hybridized carbons (Fsp3) is 0.438. The molecule has 1 amide bonds. The lowest BCUT2D eigenvalue weighted by molar-refractivity contribution is 0.0727. The Bertz CT molecular complexity index is 691. The number of nitrogens with zero attached hydrogens (tertiary/aromatic N) is 1. The van der Waals surface area contributed by atoms with Crippen molar-refractivity contribution in [1.29, 1.82) is 0 Å². The number of para-hydroxylation sites is 1. The Morgan fingerprint density at radius 3 is 2.95 bits per heavy atom. The third-order valence-electron chi connectivity index (χ3n) is 4.72. The molecule has 4 rings (SSSR count). The fourth-order valence-electron chi connectivity index (χ4n) is 3.85. The van der Waals surface area contributed by atoms with Gasteiger partial charge in [-0.25, -0.2) is 0 Å². The van der Waals surface area contributed by atoms with Crippen molar-refractivity contribution in [2.24, 2.45) is 5.73 Å². The second-order valence-electron chi connectivity index (χ2n) is 5.99. The predicted molar refractivity (Wildman–Crippen MR) is 76.5 cm³/mol. The minimum Gasteiger partial charge on any atom is -0.461 e. The standard InChI is InChI=1S/C16H18N2O2/c1-9-7-10-3-2-4-12(15(10)20-9)16(19)18-11-5-6-14(18)13(17)8-11/h2-4,7,11,13-14H,5-6,8,17H2,1H3/t11-,13-,14+/m1/s1. The molecular weight excluding hydrogens is 252 g/mol. The second kappa shape index (κ2) is 4.09. The normalized spacial score (nSPS) is 28.5. The minimum atomic E-state index is 0.0744. The molecule has 3 atom stereocenters. The van der Waals surface area contributed by atoms with Crippen LogP contribution in [0.2, 0.25) is 0 Å². The van der Waals surface area contributed by atoms with Gasteiger partial charge in [-0.2, -0.15) is 0 Å². The summed E-state index contributed by atoms with van der Waals surface area (Å²) in [5.74, 6) is 0.909. The van der Waals surface area contributed by atoms with Crippen LogP contribution in [0.15, 0.2) is 28.7 Å². The molecule has 2 fully saturated rings. The molecule has 4 nitrogen and oxygen atoms in total. The molecule has 2 aliphatic rings. The maximum Gasteiger partial charge on any atom is 0.258 e. The van der Waals surface area contributed by atoms with Gasteiger partial charge in [0.25, 0.3) is 5.91 Å². The van der Waals surface area contributed by atoms with E-state index in [1.54, 1.807) is 0 Å². The number of fused-ring (bicyclic) bond motifs is 3. The van der Waals surface area contributed by atoms with Crippen LogP contribution in [-0.2, 0) is 0 Å². The van der Waals surface area contributed by atoms with Crippen molar-refractivity contribution in [3.63, 3.8) is 0 Å². The molecule has 2 saturated heterocycles. The lowest BCUT2D eigenvalue weighted by Gasteiger charge is -2.23. The summed E-state index contributed by atoms with van der Waals surface area (Å²) in [5, 5.41) is 0.990. The summed E-state index contributed by atoms with van der Waals surface area (Å²) < 4.78 is 5.72. The number of furan rings is 1. The summed E-state index contributed by atoms with van der Waals surface area (Å²) in [6.45, 7) is 1.91. The Kier molecular flexibility index (Phi) is 2.45. The molecule has 0 unspecified atom stereocenters. The molecule has 20 heavy (non-hydrogen) atoms. The van der Waals surface area contributed by atoms with Gasteiger partial charge in [-0.05, 0) is 38.3 Å². The first-order valence-corrected chi connectivity index (χ1v) is 7.22. The lowest BCUT2D eigenvalue weighted by Crippen LogP contribution is -2.40. The number of rotatable bonds is 1. The van der Waals surface area contributed by atoms with Gasteiger partial charge in [0.05, 0.1) is 5.56 Å². The highest BCUT2D eigenvalue weighted by molar-refractivity contribution is 6.05. The largest absolute Gasteiger partial charge is 0.461 e. The summed E-state index contributed by atoms with van der Waals surface area (Å²) in [6.07, 6.45) is 3.05. The molecule has 0 saturated carbocycles. The van der Waals surface area contributed by atoms with E-state index < -0.39 is 0 Å². The summed E-state index contributed by atoms with van der Waals surface area (Å²) in [7, 11) is 0. The Labute approximate surface area is 117 Å². The van der Waals surface area contributed by atoms with Gasteiger partial charge in [-0.3, -0.25) is 4.79 Å². The van der Waals surface area contributed by atoms with Gasteiger partial charge >= 0.3 is 0 Å². The predicted octanol–water partition coefficient (Wildman–Crippen LogP) is 2.45. The van der Waals surface area contributed by atoms with E-state index in [0.29, 0.717) is 17.2 Å². The third kappa shape index (κ3) is 1.54. The highest BCUT2D eigenvalue weighted by Gasteiger charge is 2.47. The molecule has 4 heteroatoms. The quantitative estimate of drug-likeness (QED) is 0.866. The first-order chi connectivity index (χ1) is 9.65. The molecule has 2 bridgehead atoms. The minimum absolute atomic E-state index is 0.0744. The van der Waals surface area contributed by atoms with Crippen LogP contribution >= 0.6 is 0 Å². The summed E-state index contributed by atoms with van der Waals surface area (Å²) in [4.78, 5) is 14.9. The highest BCUT2D eigenvalue weighted by atomic mass is 16.3. The number of carbonyl (C=O) groups excluding carboxylic acids is 1. The molecule has 1 aromatic carbocycles. The molecule has 1 aromatic heterocycles. The smallest absolute Gasteiger partial charge is 0.258 e. The van der Waals surface area contributed by atoms with Gasteiger partial charge < -0.3 is 15.1 Å². The third-order valence-corrected chi connectivity index (χ3v) is 4.72. The van der Waals surface area contributed by atoms with Crippen molar-refractivity contribution in [3.05, 3.63) is 35.6 Å². The van der Waals surface area contributed by atoms with E-state index in [0.717, 1.165) is 30.4 Å². The van der Waals surface area contributed by atoms with Gasteiger partial charge in [-0.1, -0.05) is 12.1 Å². The van der Waals surface area contributed by atoms with Crippen molar-refractivity contribution in [3.8, 4) is 0 Å². The molecule has 2 N–H and O–H groups in total. The summed E-state index contributed by atoms with van der Waals surface area (Å²) >= 11 is 0. The van der Waals surface area contributed by atoms with Crippen LogP contribution < -0.4 is 5.73 Å². The van der Waals surface area contributed by atoms with Gasteiger partial charge in [0.15, 0.2) is 0 Å². The summed E-state index contributed by atoms with van der Waals surface area (Å²) in [6, 6.07) is 8.38. The molecule has 104 valence electrons. The SMILES string of the molecule is Cc1cc2cccc(C(=O)N3[C@@H]4CC[C@H]3[C@H](N)C4)c2o1. The van der Waals surface area contributed by atoms with E-state index in [-0.39, 0.29) is 18.0 Å². The van der Waals surface area contributed by atoms with E-state index in [1.165, 1.54) is 0 Å². The van der Waals surface area contributed by atoms with Crippen LogP contribution in [-0.4, -0.2) is 28.9 Å². The van der Waals surface area contributed by atoms with Crippen LogP contribution in [0.4, 0.5) is 0 Å². The zero-order chi connectivity index (χ0) is 13.9. The van der Waals surface area contributed by atoms with Crippen molar-refractivity contribution in [2.75, 3.05) is 0 Å². The average Bonchev–Trinajstić information content (AvgIpc) is 3.07. The topological polar surface area (TPSA) is 59.5 Å². The van der Waals surface area contributed by atoms with Crippen LogP contribution in [0.1, 0.15) is 35.4 Å². The van der Waals surface area contributed by atoms with E-state index in [4.69, 9.17) is 10.2 Å². The molecule has 2 aliphatic heterocycles. The molecule has 3 heterocycles. The number of benzene rings is 1. The molecule has 0 radical (unpaired) electrons. The van der Waals surface area contributed by atoms with Crippen molar-refractivity contribution >= 4 is 16.9 Å². The van der Waals surface area contributed by atoms with E-state index in [9.17, 15) is 4.79 Å². The van der Waals surface area contributed by atoms with Crippen LogP contribution in [0.5, 0.6) is 0 Å². The van der Waals surface area contributed by atoms with E-state index in [2.05, 4.69) is 0 Å². The van der Waals surface area contributed by atoms with Gasteiger partial charge in [0, 0.05) is 23.5 Å². The van der Waals surface area contributed by atoms with E-state index in [1.807, 2.05) is 36.1 Å². The highest BCUT2D eigenvalue weighted by Crippen LogP contribution is 2.38. The van der Waals surface area contributed by atoms with Gasteiger partial charge in [0.2, 0.25) is 0 Å². The molecule has 0 aliphatic carbocycles. The number of amides is 1. The molecule has 0 spiro atoms. The maximum atomic E-state index is 12.9. The Hall–Kier alpha value is -1.81. The Morgan fingerprint density at radius 1 is 1.40 bits per heavy atom. The fourth-order valence-corrected chi connectivity index (χ4v) is 3.85. The van der Waals surface area contributed by atoms with E-state index >= 15 is 0 Å². The molecule has 2 aromatic rings. The zero-order valence-electron chi connectivity index (χ0n) is 11.5. The van der Waals surface area contributed by atoms with Crippen LogP contribution in [0.3, 0.4) is 0 Å². The zero-order valence-corrected chi connectivity index (χ0v) is 11.5. The number of hydrogen-bond donors (Lipinski definition) is 1. The van der Waals surface area contributed by atoms with Gasteiger partial charge in [-0.15, -0.1) is 0 Å². The summed E-state index contributed by atoms with van der Waals surface area (Å²) in [5.41, 5.74) is 7.50. The maximum absolute atomic E-state index is 12.9. The van der Waals surface area contributed by atoms with Crippen molar-refractivity contribution in [1.82, 2.24) is 4.90 Å². The Morgan fingerprint density at radius 2 is 2.25 bits per heavy atom. The first-order valence-electron chi connectivity index (χ1n) is 7.22. The average molecular weight is 270 g/mol. The first kappa shape index (κ1) is 12.0. The number of nitrogens with two attached hydrogens (primary N) is 1. The monoisotopic (exact) mass is 270 g/mol.